The molecule has 1 heterocycles. The third-order valence-electron chi connectivity index (χ3n) is 3.73. The summed E-state index contributed by atoms with van der Waals surface area (Å²) in [4.78, 5) is 14.4. The van der Waals surface area contributed by atoms with Gasteiger partial charge in [0.2, 0.25) is 5.91 Å². The molecule has 1 fully saturated rings. The first-order valence-electron chi connectivity index (χ1n) is 7.30. The molecule has 118 valence electrons. The molecule has 1 aliphatic heterocycles. The number of nitrogens with zero attached hydrogens (tertiary/aromatic N) is 1. The minimum Gasteiger partial charge on any atom is -0.326 e. The molecule has 2 rings (SSSR count). The Balaban J connectivity index is 0.00000220. The molecule has 2 unspecified atom stereocenters. The molecular weight excluding hydrogens is 352 g/mol. The minimum absolute atomic E-state index is 0. The zero-order valence-corrected chi connectivity index (χ0v) is 15.0. The van der Waals surface area contributed by atoms with E-state index in [9.17, 15) is 4.79 Å². The number of carbonyl (C=O) groups is 1. The number of anilines is 1. The van der Waals surface area contributed by atoms with Crippen LogP contribution < -0.4 is 5.32 Å². The van der Waals surface area contributed by atoms with Gasteiger partial charge >= 0.3 is 0 Å². The van der Waals surface area contributed by atoms with Crippen LogP contribution in [-0.4, -0.2) is 30.4 Å². The van der Waals surface area contributed by atoms with Crippen molar-refractivity contribution in [3.63, 3.8) is 0 Å². The van der Waals surface area contributed by atoms with E-state index in [2.05, 4.69) is 40.0 Å². The fourth-order valence-electron chi connectivity index (χ4n) is 2.99. The van der Waals surface area contributed by atoms with Crippen molar-refractivity contribution in [3.8, 4) is 0 Å². The molecule has 0 saturated carbocycles. The van der Waals surface area contributed by atoms with Crippen LogP contribution in [0.3, 0.4) is 0 Å². The van der Waals surface area contributed by atoms with Crippen molar-refractivity contribution in [2.24, 2.45) is 11.8 Å². The predicted octanol–water partition coefficient (Wildman–Crippen LogP) is 4.18. The van der Waals surface area contributed by atoms with E-state index in [-0.39, 0.29) is 18.3 Å². The summed E-state index contributed by atoms with van der Waals surface area (Å²) in [5, 5.41) is 2.94. The van der Waals surface area contributed by atoms with E-state index in [1.54, 1.807) is 0 Å². The van der Waals surface area contributed by atoms with Crippen LogP contribution in [0.5, 0.6) is 0 Å². The molecule has 1 aromatic rings. The third-order valence-corrected chi connectivity index (χ3v) is 4.26. The van der Waals surface area contributed by atoms with Gasteiger partial charge in [-0.15, -0.1) is 12.4 Å². The lowest BCUT2D eigenvalue weighted by Gasteiger charge is -2.34. The summed E-state index contributed by atoms with van der Waals surface area (Å²) in [6, 6.07) is 7.69. The van der Waals surface area contributed by atoms with E-state index in [0.29, 0.717) is 6.42 Å². The molecule has 2 atom stereocenters. The molecule has 0 spiro atoms. The Bertz CT molecular complexity index is 442. The lowest BCUT2D eigenvalue weighted by atomic mass is 9.92. The monoisotopic (exact) mass is 374 g/mol. The van der Waals surface area contributed by atoms with Crippen molar-refractivity contribution < 1.29 is 4.79 Å². The maximum atomic E-state index is 12.0. The number of benzene rings is 1. The van der Waals surface area contributed by atoms with E-state index in [0.717, 1.165) is 41.6 Å². The molecule has 1 saturated heterocycles. The van der Waals surface area contributed by atoms with Gasteiger partial charge in [-0.1, -0.05) is 29.8 Å². The first kappa shape index (κ1) is 18.5. The van der Waals surface area contributed by atoms with Crippen molar-refractivity contribution >= 4 is 39.9 Å². The van der Waals surface area contributed by atoms with Crippen molar-refractivity contribution in [2.75, 3.05) is 25.0 Å². The van der Waals surface area contributed by atoms with Crippen molar-refractivity contribution in [1.29, 1.82) is 0 Å². The number of likely N-dealkylation sites (tertiary alicyclic amines) is 1. The van der Waals surface area contributed by atoms with Crippen LogP contribution in [0.2, 0.25) is 0 Å². The first-order chi connectivity index (χ1) is 9.52. The Labute approximate surface area is 142 Å². The van der Waals surface area contributed by atoms with Gasteiger partial charge < -0.3 is 10.2 Å². The standard InChI is InChI=1S/C16H23BrN2O.ClH/c1-12-9-13(2)11-19(10-12)8-7-16(20)18-15-5-3-14(17)4-6-15;/h3-6,12-13H,7-11H2,1-2H3,(H,18,20);1H. The largest absolute Gasteiger partial charge is 0.326 e. The molecule has 3 nitrogen and oxygen atoms in total. The SMILES string of the molecule is CC1CC(C)CN(CCC(=O)Nc2ccc(Br)cc2)C1.Cl. The number of amides is 1. The molecule has 0 radical (unpaired) electrons. The predicted molar refractivity (Wildman–Crippen MR) is 94.0 cm³/mol. The molecule has 0 aromatic heterocycles. The molecule has 0 bridgehead atoms. The van der Waals surface area contributed by atoms with Gasteiger partial charge in [-0.05, 0) is 42.5 Å². The Morgan fingerprint density at radius 2 is 1.81 bits per heavy atom. The second-order valence-electron chi connectivity index (χ2n) is 6.01. The lowest BCUT2D eigenvalue weighted by molar-refractivity contribution is -0.116. The van der Waals surface area contributed by atoms with Crippen molar-refractivity contribution in [3.05, 3.63) is 28.7 Å². The Hall–Kier alpha value is -0.580. The molecule has 21 heavy (non-hydrogen) atoms. The molecule has 1 aromatic carbocycles. The van der Waals surface area contributed by atoms with Crippen LogP contribution >= 0.6 is 28.3 Å². The summed E-state index contributed by atoms with van der Waals surface area (Å²) in [5.74, 6) is 1.58. The van der Waals surface area contributed by atoms with E-state index in [1.165, 1.54) is 6.42 Å². The maximum absolute atomic E-state index is 12.0. The summed E-state index contributed by atoms with van der Waals surface area (Å²) in [6.45, 7) is 7.69. The molecule has 0 aliphatic carbocycles. The lowest BCUT2D eigenvalue weighted by Crippen LogP contribution is -2.40. The zero-order chi connectivity index (χ0) is 14.5. The normalized spacial score (nSPS) is 22.4. The van der Waals surface area contributed by atoms with Gasteiger partial charge in [0.1, 0.15) is 0 Å². The van der Waals surface area contributed by atoms with Crippen LogP contribution in [0.4, 0.5) is 5.69 Å². The zero-order valence-electron chi connectivity index (χ0n) is 12.6. The Morgan fingerprint density at radius 3 is 2.38 bits per heavy atom. The second-order valence-corrected chi connectivity index (χ2v) is 6.93. The number of hydrogen-bond acceptors (Lipinski definition) is 2. The highest BCUT2D eigenvalue weighted by atomic mass is 79.9. The van der Waals surface area contributed by atoms with E-state index in [1.807, 2.05) is 24.3 Å². The maximum Gasteiger partial charge on any atom is 0.225 e. The van der Waals surface area contributed by atoms with Crippen LogP contribution in [0, 0.1) is 11.8 Å². The fourth-order valence-corrected chi connectivity index (χ4v) is 3.26. The highest BCUT2D eigenvalue weighted by Crippen LogP contribution is 2.21. The summed E-state index contributed by atoms with van der Waals surface area (Å²) >= 11 is 3.39. The summed E-state index contributed by atoms with van der Waals surface area (Å²) in [5.41, 5.74) is 0.860. The first-order valence-corrected chi connectivity index (χ1v) is 8.10. The van der Waals surface area contributed by atoms with Crippen LogP contribution in [0.25, 0.3) is 0 Å². The van der Waals surface area contributed by atoms with E-state index in [4.69, 9.17) is 0 Å². The quantitative estimate of drug-likeness (QED) is 0.856. The highest BCUT2D eigenvalue weighted by Gasteiger charge is 2.21. The van der Waals surface area contributed by atoms with Gasteiger partial charge in [0.25, 0.3) is 0 Å². The van der Waals surface area contributed by atoms with Gasteiger partial charge in [-0.3, -0.25) is 4.79 Å². The van der Waals surface area contributed by atoms with Crippen LogP contribution in [-0.2, 0) is 4.79 Å². The Morgan fingerprint density at radius 1 is 1.24 bits per heavy atom. The fraction of sp³-hybridized carbons (Fsp3) is 0.562. The summed E-state index contributed by atoms with van der Waals surface area (Å²) < 4.78 is 1.02. The van der Waals surface area contributed by atoms with E-state index < -0.39 is 0 Å². The highest BCUT2D eigenvalue weighted by molar-refractivity contribution is 9.10. The number of hydrogen-bond donors (Lipinski definition) is 1. The van der Waals surface area contributed by atoms with Gasteiger partial charge in [-0.25, -0.2) is 0 Å². The number of rotatable bonds is 4. The third kappa shape index (κ3) is 6.37. The van der Waals surface area contributed by atoms with Gasteiger partial charge in [0.05, 0.1) is 0 Å². The topological polar surface area (TPSA) is 32.3 Å². The minimum atomic E-state index is 0. The van der Waals surface area contributed by atoms with Gasteiger partial charge in [0.15, 0.2) is 0 Å². The van der Waals surface area contributed by atoms with Gasteiger partial charge in [-0.2, -0.15) is 0 Å². The second kappa shape index (κ2) is 8.76. The van der Waals surface area contributed by atoms with Crippen molar-refractivity contribution in [2.45, 2.75) is 26.7 Å². The number of nitrogens with one attached hydrogen (secondary N) is 1. The van der Waals surface area contributed by atoms with E-state index >= 15 is 0 Å². The van der Waals surface area contributed by atoms with Crippen molar-refractivity contribution in [1.82, 2.24) is 4.90 Å². The molecule has 1 amide bonds. The molecule has 1 N–H and O–H groups in total. The van der Waals surface area contributed by atoms with Gasteiger partial charge in [0, 0.05) is 36.2 Å². The average Bonchev–Trinajstić information content (AvgIpc) is 2.38. The molecular formula is C16H24BrClN2O. The number of carbonyl (C=O) groups excluding carboxylic acids is 1. The van der Waals surface area contributed by atoms with Crippen LogP contribution in [0.15, 0.2) is 28.7 Å². The summed E-state index contributed by atoms with van der Waals surface area (Å²) in [6.07, 6.45) is 1.87. The summed E-state index contributed by atoms with van der Waals surface area (Å²) in [7, 11) is 0. The van der Waals surface area contributed by atoms with Crippen LogP contribution in [0.1, 0.15) is 26.7 Å². The Kier molecular flexibility index (Phi) is 7.71. The smallest absolute Gasteiger partial charge is 0.225 e. The average molecular weight is 376 g/mol. The number of piperidine rings is 1. The number of halogens is 2. The molecule has 5 heteroatoms. The molecule has 1 aliphatic rings.